The molecule has 0 radical (unpaired) electrons. The summed E-state index contributed by atoms with van der Waals surface area (Å²) in [7, 11) is 5.74. The third-order valence-electron chi connectivity index (χ3n) is 1.94. The molecule has 0 aliphatic rings. The van der Waals surface area contributed by atoms with Gasteiger partial charge in [-0.05, 0) is 25.6 Å². The predicted molar refractivity (Wildman–Crippen MR) is 58.7 cm³/mol. The number of hydrogen-bond acceptors (Lipinski definition) is 2. The monoisotopic (exact) mass is 192 g/mol. The van der Waals surface area contributed by atoms with Crippen molar-refractivity contribution in [3.05, 3.63) is 42.9 Å². The Morgan fingerprint density at radius 3 is 2.64 bits per heavy atom. The van der Waals surface area contributed by atoms with Crippen molar-refractivity contribution < 1.29 is 4.74 Å². The third-order valence-corrected chi connectivity index (χ3v) is 1.94. The van der Waals surface area contributed by atoms with Crippen LogP contribution in [0.2, 0.25) is 0 Å². The van der Waals surface area contributed by atoms with Crippen LogP contribution in [0.25, 0.3) is 0 Å². The van der Waals surface area contributed by atoms with Gasteiger partial charge < -0.3 is 9.64 Å². The second kappa shape index (κ2) is 6.57. The SMILES string of the molecule is [CH2-]N(C)CCCOCc1ccccc1. The standard InChI is InChI=1S/C12H18NO/c1-13(2)9-6-10-14-11-12-7-4-3-5-8-12/h3-5,7-8H,1,6,9-11H2,2H3/q-1. The van der Waals surface area contributed by atoms with Gasteiger partial charge >= 0.3 is 0 Å². The molecule has 1 aromatic rings. The normalized spacial score (nSPS) is 10.8. The average Bonchev–Trinajstić information content (AvgIpc) is 2.18. The molecule has 2 nitrogen and oxygen atoms in total. The van der Waals surface area contributed by atoms with E-state index in [9.17, 15) is 0 Å². The maximum absolute atomic E-state index is 5.52. The molecular weight excluding hydrogens is 174 g/mol. The molecule has 0 saturated carbocycles. The smallest absolute Gasteiger partial charge is 0.0716 e. The van der Waals surface area contributed by atoms with E-state index in [0.717, 1.165) is 19.6 Å². The molecule has 14 heavy (non-hydrogen) atoms. The van der Waals surface area contributed by atoms with Crippen LogP contribution in [0.5, 0.6) is 0 Å². The molecule has 1 rings (SSSR count). The molecule has 0 fully saturated rings. The predicted octanol–water partition coefficient (Wildman–Crippen LogP) is 2.32. The summed E-state index contributed by atoms with van der Waals surface area (Å²) >= 11 is 0. The number of nitrogens with zero attached hydrogens (tertiary/aromatic N) is 1. The number of ether oxygens (including phenoxy) is 1. The first-order valence-corrected chi connectivity index (χ1v) is 4.92. The maximum Gasteiger partial charge on any atom is 0.0716 e. The summed E-state index contributed by atoms with van der Waals surface area (Å²) < 4.78 is 5.52. The first kappa shape index (κ1) is 11.2. The summed E-state index contributed by atoms with van der Waals surface area (Å²) in [5, 5.41) is 0. The van der Waals surface area contributed by atoms with E-state index < -0.39 is 0 Å². The third kappa shape index (κ3) is 5.00. The molecular formula is C12H18NO-. The van der Waals surface area contributed by atoms with Gasteiger partial charge in [0.1, 0.15) is 0 Å². The fourth-order valence-corrected chi connectivity index (χ4v) is 1.20. The largest absolute Gasteiger partial charge is 0.462 e. The van der Waals surface area contributed by atoms with E-state index in [0.29, 0.717) is 6.61 Å². The fraction of sp³-hybridized carbons (Fsp3) is 0.417. The van der Waals surface area contributed by atoms with E-state index in [4.69, 9.17) is 4.74 Å². The summed E-state index contributed by atoms with van der Waals surface area (Å²) in [6.07, 6.45) is 1.03. The Hall–Kier alpha value is -0.860. The van der Waals surface area contributed by atoms with Crippen LogP contribution in [-0.4, -0.2) is 25.1 Å². The second-order valence-electron chi connectivity index (χ2n) is 3.47. The highest BCUT2D eigenvalue weighted by atomic mass is 16.5. The highest BCUT2D eigenvalue weighted by Gasteiger charge is 1.91. The average molecular weight is 192 g/mol. The summed E-state index contributed by atoms with van der Waals surface area (Å²) in [5.74, 6) is 0. The number of benzene rings is 1. The van der Waals surface area contributed by atoms with E-state index >= 15 is 0 Å². The van der Waals surface area contributed by atoms with Gasteiger partial charge in [-0.3, -0.25) is 7.05 Å². The Bertz CT molecular complexity index is 233. The van der Waals surface area contributed by atoms with E-state index in [1.54, 1.807) is 0 Å². The van der Waals surface area contributed by atoms with Crippen molar-refractivity contribution in [2.45, 2.75) is 13.0 Å². The van der Waals surface area contributed by atoms with E-state index in [2.05, 4.69) is 19.2 Å². The highest BCUT2D eigenvalue weighted by Crippen LogP contribution is 2.00. The maximum atomic E-state index is 5.52. The minimum Gasteiger partial charge on any atom is -0.462 e. The van der Waals surface area contributed by atoms with Crippen molar-refractivity contribution in [2.24, 2.45) is 0 Å². The van der Waals surface area contributed by atoms with Crippen LogP contribution in [0, 0.1) is 7.05 Å². The van der Waals surface area contributed by atoms with E-state index in [-0.39, 0.29) is 0 Å². The zero-order valence-electron chi connectivity index (χ0n) is 8.78. The molecule has 0 unspecified atom stereocenters. The van der Waals surface area contributed by atoms with Gasteiger partial charge in [0.05, 0.1) is 6.61 Å². The summed E-state index contributed by atoms with van der Waals surface area (Å²) in [4.78, 5) is 1.92. The van der Waals surface area contributed by atoms with Gasteiger partial charge in [0, 0.05) is 6.61 Å². The highest BCUT2D eigenvalue weighted by molar-refractivity contribution is 5.13. The van der Waals surface area contributed by atoms with E-state index in [1.165, 1.54) is 5.56 Å². The molecule has 0 bridgehead atoms. The van der Waals surface area contributed by atoms with Crippen molar-refractivity contribution in [2.75, 3.05) is 20.2 Å². The van der Waals surface area contributed by atoms with Crippen molar-refractivity contribution in [3.8, 4) is 0 Å². The van der Waals surface area contributed by atoms with Crippen LogP contribution in [0.3, 0.4) is 0 Å². The number of hydrogen-bond donors (Lipinski definition) is 0. The fourth-order valence-electron chi connectivity index (χ4n) is 1.20. The Kier molecular flexibility index (Phi) is 5.27. The summed E-state index contributed by atoms with van der Waals surface area (Å²) in [6.45, 7) is 2.49. The van der Waals surface area contributed by atoms with Crippen LogP contribution in [0.1, 0.15) is 12.0 Å². The zero-order chi connectivity index (χ0) is 10.2. The van der Waals surface area contributed by atoms with Crippen molar-refractivity contribution in [1.82, 2.24) is 4.90 Å². The lowest BCUT2D eigenvalue weighted by Gasteiger charge is -2.17. The Morgan fingerprint density at radius 2 is 2.00 bits per heavy atom. The molecule has 0 amide bonds. The molecule has 2 heteroatoms. The van der Waals surface area contributed by atoms with Gasteiger partial charge in [-0.25, -0.2) is 0 Å². The topological polar surface area (TPSA) is 12.5 Å². The van der Waals surface area contributed by atoms with Gasteiger partial charge in [-0.2, -0.15) is 0 Å². The lowest BCUT2D eigenvalue weighted by molar-refractivity contribution is 0.114. The first-order chi connectivity index (χ1) is 6.79. The van der Waals surface area contributed by atoms with Gasteiger partial charge in [0.15, 0.2) is 0 Å². The lowest BCUT2D eigenvalue weighted by Crippen LogP contribution is -2.12. The molecule has 0 aliphatic carbocycles. The van der Waals surface area contributed by atoms with Gasteiger partial charge in [-0.1, -0.05) is 30.3 Å². The van der Waals surface area contributed by atoms with Crippen LogP contribution in [0.4, 0.5) is 0 Å². The Morgan fingerprint density at radius 1 is 1.29 bits per heavy atom. The van der Waals surface area contributed by atoms with Gasteiger partial charge in [-0.15, -0.1) is 0 Å². The van der Waals surface area contributed by atoms with Gasteiger partial charge in [0.25, 0.3) is 0 Å². The molecule has 0 aliphatic heterocycles. The van der Waals surface area contributed by atoms with Crippen molar-refractivity contribution in [1.29, 1.82) is 0 Å². The second-order valence-corrected chi connectivity index (χ2v) is 3.47. The van der Waals surface area contributed by atoms with Crippen molar-refractivity contribution >= 4 is 0 Å². The summed E-state index contributed by atoms with van der Waals surface area (Å²) in [6, 6.07) is 10.2. The molecule has 0 spiro atoms. The molecule has 1 aromatic carbocycles. The van der Waals surface area contributed by atoms with Crippen LogP contribution in [-0.2, 0) is 11.3 Å². The quantitative estimate of drug-likeness (QED) is 0.506. The minimum absolute atomic E-state index is 0.710. The van der Waals surface area contributed by atoms with Gasteiger partial charge in [0.2, 0.25) is 0 Å². The summed E-state index contributed by atoms with van der Waals surface area (Å²) in [5.41, 5.74) is 1.23. The van der Waals surface area contributed by atoms with Crippen LogP contribution >= 0.6 is 0 Å². The van der Waals surface area contributed by atoms with Crippen LogP contribution in [0.15, 0.2) is 30.3 Å². The lowest BCUT2D eigenvalue weighted by atomic mass is 10.2. The molecule has 0 heterocycles. The minimum atomic E-state index is 0.710. The molecule has 0 N–H and O–H groups in total. The molecule has 78 valence electrons. The van der Waals surface area contributed by atoms with E-state index in [1.807, 2.05) is 30.1 Å². The Balaban J connectivity index is 2.05. The number of rotatable bonds is 6. The molecule has 0 saturated heterocycles. The Labute approximate surface area is 86.5 Å². The zero-order valence-corrected chi connectivity index (χ0v) is 8.78. The molecule has 0 atom stereocenters. The van der Waals surface area contributed by atoms with Crippen molar-refractivity contribution in [3.63, 3.8) is 0 Å². The first-order valence-electron chi connectivity index (χ1n) is 4.92. The molecule has 0 aromatic heterocycles. The van der Waals surface area contributed by atoms with Crippen LogP contribution < -0.4 is 0 Å².